The fourth-order valence-corrected chi connectivity index (χ4v) is 3.63. The Morgan fingerprint density at radius 3 is 2.37 bits per heavy atom. The van der Waals surface area contributed by atoms with E-state index in [0.29, 0.717) is 35.0 Å². The second-order valence-corrected chi connectivity index (χ2v) is 9.11. The average Bonchev–Trinajstić information content (AvgIpc) is 2.96. The summed E-state index contributed by atoms with van der Waals surface area (Å²) in [6.45, 7) is 5.38. The van der Waals surface area contributed by atoms with Crippen molar-refractivity contribution in [2.75, 3.05) is 25.6 Å². The Bertz CT molecular complexity index is 1380. The Morgan fingerprint density at radius 2 is 1.71 bits per heavy atom. The highest BCUT2D eigenvalue weighted by Gasteiger charge is 2.24. The quantitative estimate of drug-likeness (QED) is 0.211. The molecule has 216 valence electrons. The number of benzene rings is 3. The van der Waals surface area contributed by atoms with Crippen molar-refractivity contribution in [1.82, 2.24) is 10.7 Å². The lowest BCUT2D eigenvalue weighted by Gasteiger charge is -2.20. The number of nitrogens with zero attached hydrogens (tertiary/aromatic N) is 1. The molecule has 0 heterocycles. The van der Waals surface area contributed by atoms with Gasteiger partial charge in [-0.05, 0) is 73.0 Å². The molecule has 11 heteroatoms. The number of ether oxygens (including phenoxy) is 3. The molecule has 0 aliphatic rings. The number of carbonyl (C=O) groups excluding carboxylic acids is 3. The number of anilines is 1. The average molecular weight is 565 g/mol. The van der Waals surface area contributed by atoms with Crippen LogP contribution in [0.3, 0.4) is 0 Å². The third-order valence-corrected chi connectivity index (χ3v) is 5.75. The van der Waals surface area contributed by atoms with E-state index in [4.69, 9.17) is 14.2 Å². The van der Waals surface area contributed by atoms with Crippen LogP contribution in [0.1, 0.15) is 36.7 Å². The summed E-state index contributed by atoms with van der Waals surface area (Å²) >= 11 is 0. The van der Waals surface area contributed by atoms with E-state index in [1.54, 1.807) is 55.5 Å². The molecule has 0 aromatic heterocycles. The molecule has 3 rings (SSSR count). The maximum atomic E-state index is 13.8. The van der Waals surface area contributed by atoms with Gasteiger partial charge in [0.2, 0.25) is 0 Å². The molecular weight excluding hydrogens is 531 g/mol. The van der Waals surface area contributed by atoms with Crippen molar-refractivity contribution in [2.24, 2.45) is 11.0 Å². The summed E-state index contributed by atoms with van der Waals surface area (Å²) in [5.41, 5.74) is 3.49. The Balaban J connectivity index is 1.60. The second-order valence-electron chi connectivity index (χ2n) is 9.11. The van der Waals surface area contributed by atoms with Crippen LogP contribution in [0, 0.1) is 11.7 Å². The zero-order valence-corrected chi connectivity index (χ0v) is 23.3. The van der Waals surface area contributed by atoms with E-state index in [0.717, 1.165) is 0 Å². The number of hydrogen-bond acceptors (Lipinski definition) is 7. The highest BCUT2D eigenvalue weighted by atomic mass is 19.1. The van der Waals surface area contributed by atoms with Crippen molar-refractivity contribution < 1.29 is 33.0 Å². The van der Waals surface area contributed by atoms with Gasteiger partial charge in [0.25, 0.3) is 17.7 Å². The summed E-state index contributed by atoms with van der Waals surface area (Å²) < 4.78 is 30.1. The fourth-order valence-electron chi connectivity index (χ4n) is 3.63. The summed E-state index contributed by atoms with van der Waals surface area (Å²) in [5.74, 6) is -0.897. The predicted octanol–water partition coefficient (Wildman–Crippen LogP) is 4.16. The smallest absolute Gasteiger partial charge is 0.262 e. The molecule has 3 N–H and O–H groups in total. The number of methoxy groups -OCH3 is 1. The van der Waals surface area contributed by atoms with Crippen molar-refractivity contribution in [3.8, 4) is 17.2 Å². The normalized spacial score (nSPS) is 11.6. The predicted molar refractivity (Wildman–Crippen MR) is 153 cm³/mol. The van der Waals surface area contributed by atoms with E-state index in [1.165, 1.54) is 31.5 Å². The molecule has 0 spiro atoms. The summed E-state index contributed by atoms with van der Waals surface area (Å²) in [6, 6.07) is 16.4. The molecular formula is C30H33FN4O6. The number of nitrogens with one attached hydrogen (secondary N) is 3. The zero-order chi connectivity index (χ0) is 29.8. The Labute approximate surface area is 237 Å². The summed E-state index contributed by atoms with van der Waals surface area (Å²) in [7, 11) is 1.53. The van der Waals surface area contributed by atoms with Crippen molar-refractivity contribution in [3.05, 3.63) is 83.7 Å². The van der Waals surface area contributed by atoms with Gasteiger partial charge in [-0.25, -0.2) is 9.82 Å². The first-order valence-corrected chi connectivity index (χ1v) is 12.9. The molecule has 3 aromatic rings. The van der Waals surface area contributed by atoms with Crippen LogP contribution in [0.2, 0.25) is 0 Å². The standard InChI is InChI=1S/C30H33FN4O6/c1-5-40-26-16-20(10-15-25(26)41-18-27(36)33-24-9-7-6-8-23(24)31)17-32-35-30(38)28(19(2)3)34-29(37)21-11-13-22(39-4)14-12-21/h6-17,19,28H,5,18H2,1-4H3,(H,33,36)(H,34,37)(H,35,38). The third-order valence-electron chi connectivity index (χ3n) is 5.75. The molecule has 0 bridgehead atoms. The van der Waals surface area contributed by atoms with Gasteiger partial charge in [0.15, 0.2) is 18.1 Å². The minimum atomic E-state index is -0.827. The first kappa shape index (κ1) is 30.6. The van der Waals surface area contributed by atoms with Crippen LogP contribution in [0.4, 0.5) is 10.1 Å². The second kappa shape index (κ2) is 15.0. The SMILES string of the molecule is CCOc1cc(C=NNC(=O)C(NC(=O)c2ccc(OC)cc2)C(C)C)ccc1OCC(=O)Nc1ccccc1F. The maximum absolute atomic E-state index is 13.8. The first-order valence-electron chi connectivity index (χ1n) is 12.9. The molecule has 3 aromatic carbocycles. The van der Waals surface area contributed by atoms with Crippen molar-refractivity contribution in [2.45, 2.75) is 26.8 Å². The minimum Gasteiger partial charge on any atom is -0.497 e. The fraction of sp³-hybridized carbons (Fsp3) is 0.267. The van der Waals surface area contributed by atoms with E-state index in [1.807, 2.05) is 13.8 Å². The Hall–Kier alpha value is -4.93. The summed E-state index contributed by atoms with van der Waals surface area (Å²) in [5, 5.41) is 9.21. The van der Waals surface area contributed by atoms with Gasteiger partial charge in [-0.1, -0.05) is 26.0 Å². The largest absolute Gasteiger partial charge is 0.497 e. The zero-order valence-electron chi connectivity index (χ0n) is 23.3. The highest BCUT2D eigenvalue weighted by molar-refractivity contribution is 5.98. The van der Waals surface area contributed by atoms with Crippen LogP contribution in [0.5, 0.6) is 17.2 Å². The molecule has 1 atom stereocenters. The number of amides is 3. The van der Waals surface area contributed by atoms with Crippen molar-refractivity contribution >= 4 is 29.6 Å². The number of hydrazone groups is 1. The number of hydrogen-bond donors (Lipinski definition) is 3. The first-order chi connectivity index (χ1) is 19.7. The molecule has 3 amide bonds. The van der Waals surface area contributed by atoms with Gasteiger partial charge < -0.3 is 24.8 Å². The van der Waals surface area contributed by atoms with Gasteiger partial charge in [0.1, 0.15) is 17.6 Å². The van der Waals surface area contributed by atoms with Gasteiger partial charge >= 0.3 is 0 Å². The Kier molecular flexibility index (Phi) is 11.2. The molecule has 0 saturated carbocycles. The van der Waals surface area contributed by atoms with Gasteiger partial charge in [0.05, 0.1) is 25.6 Å². The Morgan fingerprint density at radius 1 is 0.976 bits per heavy atom. The minimum absolute atomic E-state index is 0.0553. The summed E-state index contributed by atoms with van der Waals surface area (Å²) in [4.78, 5) is 37.7. The van der Waals surface area contributed by atoms with E-state index in [-0.39, 0.29) is 18.2 Å². The lowest BCUT2D eigenvalue weighted by Crippen LogP contribution is -2.48. The van der Waals surface area contributed by atoms with Gasteiger partial charge in [0, 0.05) is 5.56 Å². The van der Waals surface area contributed by atoms with E-state index in [2.05, 4.69) is 21.2 Å². The van der Waals surface area contributed by atoms with Crippen LogP contribution in [0.25, 0.3) is 0 Å². The number of halogens is 1. The van der Waals surface area contributed by atoms with E-state index < -0.39 is 29.6 Å². The lowest BCUT2D eigenvalue weighted by atomic mass is 10.0. The molecule has 0 aliphatic carbocycles. The molecule has 0 saturated heterocycles. The van der Waals surface area contributed by atoms with Crippen LogP contribution in [-0.2, 0) is 9.59 Å². The molecule has 0 radical (unpaired) electrons. The highest BCUT2D eigenvalue weighted by Crippen LogP contribution is 2.28. The molecule has 41 heavy (non-hydrogen) atoms. The van der Waals surface area contributed by atoms with Crippen LogP contribution in [0.15, 0.2) is 71.8 Å². The van der Waals surface area contributed by atoms with Crippen LogP contribution in [-0.4, -0.2) is 50.3 Å². The van der Waals surface area contributed by atoms with Gasteiger partial charge in [-0.15, -0.1) is 0 Å². The van der Waals surface area contributed by atoms with Gasteiger partial charge in [-0.2, -0.15) is 5.10 Å². The van der Waals surface area contributed by atoms with Gasteiger partial charge in [-0.3, -0.25) is 14.4 Å². The van der Waals surface area contributed by atoms with Crippen LogP contribution < -0.4 is 30.3 Å². The monoisotopic (exact) mass is 564 g/mol. The van der Waals surface area contributed by atoms with Crippen molar-refractivity contribution in [1.29, 1.82) is 0 Å². The third kappa shape index (κ3) is 9.06. The molecule has 1 unspecified atom stereocenters. The molecule has 0 fully saturated rings. The maximum Gasteiger partial charge on any atom is 0.262 e. The number of para-hydroxylation sites is 1. The molecule has 0 aliphatic heterocycles. The molecule has 10 nitrogen and oxygen atoms in total. The van der Waals surface area contributed by atoms with E-state index in [9.17, 15) is 18.8 Å². The lowest BCUT2D eigenvalue weighted by molar-refractivity contribution is -0.124. The number of carbonyl (C=O) groups is 3. The number of rotatable bonds is 13. The summed E-state index contributed by atoms with van der Waals surface area (Å²) in [6.07, 6.45) is 1.41. The topological polar surface area (TPSA) is 127 Å². The van der Waals surface area contributed by atoms with E-state index >= 15 is 0 Å². The van der Waals surface area contributed by atoms with Crippen molar-refractivity contribution in [3.63, 3.8) is 0 Å². The van der Waals surface area contributed by atoms with Crippen LogP contribution >= 0.6 is 0 Å².